The van der Waals surface area contributed by atoms with Crippen molar-refractivity contribution in [1.82, 2.24) is 0 Å². The number of nitrogens with zero attached hydrogens (tertiary/aromatic N) is 5. The van der Waals surface area contributed by atoms with Gasteiger partial charge in [0.05, 0.1) is 44.6 Å². The number of benzene rings is 2. The molecule has 1 aliphatic carbocycles. The lowest BCUT2D eigenvalue weighted by Gasteiger charge is -2.06. The third-order valence-electron chi connectivity index (χ3n) is 4.51. The maximum absolute atomic E-state index is 12.0. The molecular weight excluding hydrogens is 414 g/mol. The standard InChI is InChI=1S/C18H7N5O8/c1-31-18(24)8-2-11-15(9(6-19)7-20)12-4-10(21(25)26)5-14(23(29)30)17(12)16(11)13(3-8)22(27)28/h2-5H,1H3. The molecule has 0 aliphatic heterocycles. The van der Waals surface area contributed by atoms with E-state index in [9.17, 15) is 45.7 Å². The SMILES string of the molecule is COC(=O)c1cc2c(c([N+](=O)[O-])c1)-c1c(cc([N+](=O)[O-])cc1[N+](=O)[O-])C2=C(C#N)C#N. The molecule has 0 radical (unpaired) electrons. The van der Waals surface area contributed by atoms with Crippen LogP contribution in [-0.2, 0) is 4.74 Å². The van der Waals surface area contributed by atoms with Crippen molar-refractivity contribution in [3.8, 4) is 23.3 Å². The number of ether oxygens (including phenoxy) is 1. The third-order valence-corrected chi connectivity index (χ3v) is 4.51. The highest BCUT2D eigenvalue weighted by molar-refractivity contribution is 6.11. The van der Waals surface area contributed by atoms with Crippen LogP contribution in [0.3, 0.4) is 0 Å². The van der Waals surface area contributed by atoms with Crippen molar-refractivity contribution >= 4 is 28.6 Å². The van der Waals surface area contributed by atoms with Crippen molar-refractivity contribution in [3.05, 3.63) is 76.9 Å². The summed E-state index contributed by atoms with van der Waals surface area (Å²) in [6.45, 7) is 0. The Labute approximate surface area is 171 Å². The molecule has 0 fully saturated rings. The van der Waals surface area contributed by atoms with Crippen molar-refractivity contribution < 1.29 is 24.3 Å². The van der Waals surface area contributed by atoms with Gasteiger partial charge in [-0.3, -0.25) is 30.3 Å². The van der Waals surface area contributed by atoms with Crippen LogP contribution in [0.4, 0.5) is 17.1 Å². The minimum Gasteiger partial charge on any atom is -0.465 e. The number of esters is 1. The summed E-state index contributed by atoms with van der Waals surface area (Å²) < 4.78 is 4.56. The lowest BCUT2D eigenvalue weighted by Crippen LogP contribution is -2.04. The molecule has 1 aliphatic rings. The summed E-state index contributed by atoms with van der Waals surface area (Å²) >= 11 is 0. The van der Waals surface area contributed by atoms with Crippen LogP contribution in [-0.4, -0.2) is 27.8 Å². The molecule has 0 amide bonds. The smallest absolute Gasteiger partial charge is 0.338 e. The summed E-state index contributed by atoms with van der Waals surface area (Å²) in [5, 5.41) is 53.4. The molecule has 0 unspecified atom stereocenters. The summed E-state index contributed by atoms with van der Waals surface area (Å²) in [6, 6.07) is 6.58. The zero-order valence-electron chi connectivity index (χ0n) is 15.3. The molecule has 13 heteroatoms. The van der Waals surface area contributed by atoms with Gasteiger partial charge >= 0.3 is 5.97 Å². The minimum absolute atomic E-state index is 0.203. The molecule has 0 heterocycles. The van der Waals surface area contributed by atoms with E-state index < -0.39 is 43.4 Å². The molecule has 0 N–H and O–H groups in total. The van der Waals surface area contributed by atoms with Crippen LogP contribution in [0.25, 0.3) is 16.7 Å². The number of non-ortho nitro benzene ring substituents is 1. The van der Waals surface area contributed by atoms with Gasteiger partial charge in [0.15, 0.2) is 0 Å². The van der Waals surface area contributed by atoms with Gasteiger partial charge in [-0.15, -0.1) is 0 Å². The van der Waals surface area contributed by atoms with Crippen LogP contribution in [0.5, 0.6) is 0 Å². The van der Waals surface area contributed by atoms with E-state index in [0.29, 0.717) is 6.07 Å². The summed E-state index contributed by atoms with van der Waals surface area (Å²) in [4.78, 5) is 43.9. The molecule has 0 aromatic heterocycles. The number of carbonyl (C=O) groups excluding carboxylic acids is 1. The number of fused-ring (bicyclic) bond motifs is 3. The van der Waals surface area contributed by atoms with E-state index in [1.807, 2.05) is 0 Å². The summed E-state index contributed by atoms with van der Waals surface area (Å²) in [5.74, 6) is -0.975. The number of methoxy groups -OCH3 is 1. The Morgan fingerprint density at radius 3 is 1.84 bits per heavy atom. The average molecular weight is 421 g/mol. The van der Waals surface area contributed by atoms with E-state index in [4.69, 9.17) is 0 Å². The van der Waals surface area contributed by atoms with Gasteiger partial charge in [0.25, 0.3) is 17.1 Å². The molecule has 2 aromatic rings. The number of hydrogen-bond acceptors (Lipinski definition) is 10. The zero-order chi connectivity index (χ0) is 23.0. The Balaban J connectivity index is 2.64. The van der Waals surface area contributed by atoms with Crippen molar-refractivity contribution in [2.24, 2.45) is 0 Å². The normalized spacial score (nSPS) is 10.9. The third kappa shape index (κ3) is 3.08. The molecule has 31 heavy (non-hydrogen) atoms. The highest BCUT2D eigenvalue weighted by Crippen LogP contribution is 2.54. The first-order valence-electron chi connectivity index (χ1n) is 8.09. The van der Waals surface area contributed by atoms with E-state index in [1.165, 1.54) is 0 Å². The first kappa shape index (κ1) is 20.6. The fraction of sp³-hybridized carbons (Fsp3) is 0.0556. The van der Waals surface area contributed by atoms with Crippen LogP contribution < -0.4 is 0 Å². The van der Waals surface area contributed by atoms with Gasteiger partial charge in [-0.2, -0.15) is 10.5 Å². The topological polar surface area (TPSA) is 203 Å². The highest BCUT2D eigenvalue weighted by atomic mass is 16.6. The lowest BCUT2D eigenvalue weighted by atomic mass is 9.97. The maximum Gasteiger partial charge on any atom is 0.338 e. The molecule has 2 aromatic carbocycles. The van der Waals surface area contributed by atoms with Crippen LogP contribution in [0.15, 0.2) is 29.8 Å². The zero-order valence-corrected chi connectivity index (χ0v) is 15.3. The van der Waals surface area contributed by atoms with E-state index in [2.05, 4.69) is 4.74 Å². The Morgan fingerprint density at radius 1 is 0.871 bits per heavy atom. The number of hydrogen-bond donors (Lipinski definition) is 0. The quantitative estimate of drug-likeness (QED) is 0.260. The molecule has 3 rings (SSSR count). The number of nitro groups is 3. The van der Waals surface area contributed by atoms with Crippen molar-refractivity contribution in [3.63, 3.8) is 0 Å². The van der Waals surface area contributed by atoms with Gasteiger partial charge in [-0.05, 0) is 6.07 Å². The first-order chi connectivity index (χ1) is 14.7. The molecule has 0 atom stereocenters. The van der Waals surface area contributed by atoms with Gasteiger partial charge in [0.2, 0.25) is 0 Å². The molecular formula is C18H7N5O8. The molecule has 0 spiro atoms. The Kier molecular flexibility index (Phi) is 4.87. The number of allylic oxidation sites excluding steroid dienone is 1. The highest BCUT2D eigenvalue weighted by Gasteiger charge is 2.40. The van der Waals surface area contributed by atoms with Crippen LogP contribution in [0.1, 0.15) is 21.5 Å². The fourth-order valence-electron chi connectivity index (χ4n) is 3.34. The van der Waals surface area contributed by atoms with Gasteiger partial charge < -0.3 is 4.74 Å². The second-order valence-corrected chi connectivity index (χ2v) is 6.04. The molecule has 0 bridgehead atoms. The van der Waals surface area contributed by atoms with Gasteiger partial charge in [0.1, 0.15) is 17.7 Å². The van der Waals surface area contributed by atoms with Crippen molar-refractivity contribution in [2.45, 2.75) is 0 Å². The summed E-state index contributed by atoms with van der Waals surface area (Å²) in [7, 11) is 1.02. The summed E-state index contributed by atoms with van der Waals surface area (Å²) in [6.07, 6.45) is 0. The Morgan fingerprint density at radius 2 is 1.39 bits per heavy atom. The monoisotopic (exact) mass is 421 g/mol. The first-order valence-corrected chi connectivity index (χ1v) is 8.09. The second-order valence-electron chi connectivity index (χ2n) is 6.04. The maximum atomic E-state index is 12.0. The van der Waals surface area contributed by atoms with Gasteiger partial charge in [-0.1, -0.05) is 0 Å². The fourth-order valence-corrected chi connectivity index (χ4v) is 3.34. The molecule has 0 saturated heterocycles. The predicted octanol–water partition coefficient (Wildman–Crippen LogP) is 3.03. The van der Waals surface area contributed by atoms with Crippen LogP contribution in [0.2, 0.25) is 0 Å². The lowest BCUT2D eigenvalue weighted by molar-refractivity contribution is -0.394. The number of carbonyl (C=O) groups is 1. The van der Waals surface area contributed by atoms with E-state index in [-0.39, 0.29) is 33.4 Å². The van der Waals surface area contributed by atoms with E-state index in [0.717, 1.165) is 25.3 Å². The number of nitriles is 2. The average Bonchev–Trinajstić information content (AvgIpc) is 3.06. The molecule has 152 valence electrons. The van der Waals surface area contributed by atoms with Gasteiger partial charge in [0, 0.05) is 28.8 Å². The van der Waals surface area contributed by atoms with Crippen LogP contribution in [0, 0.1) is 53.0 Å². The van der Waals surface area contributed by atoms with Crippen LogP contribution >= 0.6 is 0 Å². The molecule has 0 saturated carbocycles. The second kappa shape index (κ2) is 7.34. The Hall–Kier alpha value is -5.17. The Bertz CT molecular complexity index is 1330. The van der Waals surface area contributed by atoms with E-state index in [1.54, 1.807) is 12.1 Å². The number of rotatable bonds is 4. The number of nitro benzene ring substituents is 3. The van der Waals surface area contributed by atoms with Crippen molar-refractivity contribution in [1.29, 1.82) is 10.5 Å². The minimum atomic E-state index is -0.975. The summed E-state index contributed by atoms with van der Waals surface area (Å²) in [5.41, 5.74) is -4.69. The predicted molar refractivity (Wildman–Crippen MR) is 100 cm³/mol. The van der Waals surface area contributed by atoms with Crippen molar-refractivity contribution in [2.75, 3.05) is 7.11 Å². The van der Waals surface area contributed by atoms with Gasteiger partial charge in [-0.25, -0.2) is 4.79 Å². The molecule has 13 nitrogen and oxygen atoms in total. The largest absolute Gasteiger partial charge is 0.465 e. The van der Waals surface area contributed by atoms with E-state index >= 15 is 0 Å².